The molecule has 1 saturated heterocycles. The molecule has 2 aromatic carbocycles. The third kappa shape index (κ3) is 4.32. The average Bonchev–Trinajstić information content (AvgIpc) is 3.32. The molecule has 1 aliphatic rings. The lowest BCUT2D eigenvalue weighted by atomic mass is 10.0. The van der Waals surface area contributed by atoms with Crippen molar-refractivity contribution in [1.29, 1.82) is 0 Å². The number of aromatic nitrogens is 1. The third-order valence-electron chi connectivity index (χ3n) is 5.47. The van der Waals surface area contributed by atoms with Gasteiger partial charge in [0.2, 0.25) is 0 Å². The third-order valence-corrected chi connectivity index (χ3v) is 5.47. The predicted molar refractivity (Wildman–Crippen MR) is 114 cm³/mol. The van der Waals surface area contributed by atoms with Gasteiger partial charge in [-0.15, -0.1) is 0 Å². The van der Waals surface area contributed by atoms with Gasteiger partial charge in [0.15, 0.2) is 17.2 Å². The van der Waals surface area contributed by atoms with E-state index in [0.29, 0.717) is 31.5 Å². The van der Waals surface area contributed by atoms with Crippen LogP contribution in [-0.4, -0.2) is 55.7 Å². The Morgan fingerprint density at radius 1 is 0.871 bits per heavy atom. The molecule has 0 unspecified atom stereocenters. The normalized spacial score (nSPS) is 14.4. The second-order valence-electron chi connectivity index (χ2n) is 7.54. The van der Waals surface area contributed by atoms with Crippen LogP contribution in [0.5, 0.6) is 17.2 Å². The van der Waals surface area contributed by atoms with Crippen LogP contribution in [0, 0.1) is 0 Å². The largest absolute Gasteiger partial charge is 0.504 e. The van der Waals surface area contributed by atoms with Gasteiger partial charge in [-0.3, -0.25) is 9.59 Å². The number of piperidine rings is 1. The zero-order valence-corrected chi connectivity index (χ0v) is 16.7. The van der Waals surface area contributed by atoms with Gasteiger partial charge >= 0.3 is 0 Å². The minimum Gasteiger partial charge on any atom is -0.504 e. The minimum atomic E-state index is -0.653. The van der Waals surface area contributed by atoms with E-state index in [1.165, 1.54) is 0 Å². The Hall–Kier alpha value is -3.94. The van der Waals surface area contributed by atoms with E-state index >= 15 is 0 Å². The molecule has 160 valence electrons. The highest BCUT2D eigenvalue weighted by Crippen LogP contribution is 2.35. The number of aromatic hydroxyl groups is 3. The SMILES string of the molecule is O=C(NC1CCN(C(=O)c2cc(O)c(O)c(O)c2)CC1)c1ccc(-n2cccc2)cc1. The van der Waals surface area contributed by atoms with Crippen molar-refractivity contribution in [2.24, 2.45) is 0 Å². The molecule has 0 atom stereocenters. The molecule has 1 aromatic heterocycles. The number of rotatable bonds is 4. The van der Waals surface area contributed by atoms with Crippen LogP contribution in [0.2, 0.25) is 0 Å². The van der Waals surface area contributed by atoms with Crippen molar-refractivity contribution < 1.29 is 24.9 Å². The van der Waals surface area contributed by atoms with Gasteiger partial charge in [-0.2, -0.15) is 0 Å². The molecule has 0 saturated carbocycles. The number of carbonyl (C=O) groups excluding carboxylic acids is 2. The lowest BCUT2D eigenvalue weighted by Crippen LogP contribution is -2.46. The maximum Gasteiger partial charge on any atom is 0.254 e. The van der Waals surface area contributed by atoms with Crippen molar-refractivity contribution in [3.8, 4) is 22.9 Å². The average molecular weight is 421 g/mol. The summed E-state index contributed by atoms with van der Waals surface area (Å²) in [5.74, 6) is -2.26. The fraction of sp³-hybridized carbons (Fsp3) is 0.217. The molecule has 2 amide bonds. The Kier molecular flexibility index (Phi) is 5.53. The minimum absolute atomic E-state index is 0.0534. The molecule has 0 aliphatic carbocycles. The fourth-order valence-corrected chi connectivity index (χ4v) is 3.70. The summed E-state index contributed by atoms with van der Waals surface area (Å²) in [6.07, 6.45) is 5.06. The Morgan fingerprint density at radius 2 is 1.45 bits per heavy atom. The Bertz CT molecular complexity index is 1060. The van der Waals surface area contributed by atoms with E-state index in [-0.39, 0.29) is 23.4 Å². The van der Waals surface area contributed by atoms with E-state index in [2.05, 4.69) is 5.32 Å². The molecule has 1 aliphatic heterocycles. The standard InChI is InChI=1S/C23H23N3O5/c27-19-13-16(14-20(28)21(19)29)23(31)26-11-7-17(8-12-26)24-22(30)15-3-5-18(6-4-15)25-9-1-2-10-25/h1-6,9-10,13-14,17,27-29H,7-8,11-12H2,(H,24,30). The van der Waals surface area contributed by atoms with E-state index in [1.54, 1.807) is 17.0 Å². The van der Waals surface area contributed by atoms with Crippen LogP contribution in [-0.2, 0) is 0 Å². The molecular weight excluding hydrogens is 398 g/mol. The second-order valence-corrected chi connectivity index (χ2v) is 7.54. The summed E-state index contributed by atoms with van der Waals surface area (Å²) in [5, 5.41) is 31.7. The predicted octanol–water partition coefficient (Wildman–Crippen LogP) is 2.63. The zero-order valence-electron chi connectivity index (χ0n) is 16.7. The Labute approximate surface area is 179 Å². The quantitative estimate of drug-likeness (QED) is 0.484. The van der Waals surface area contributed by atoms with E-state index < -0.39 is 17.2 Å². The fourth-order valence-electron chi connectivity index (χ4n) is 3.70. The second kappa shape index (κ2) is 8.43. The van der Waals surface area contributed by atoms with Gasteiger partial charge < -0.3 is 30.1 Å². The van der Waals surface area contributed by atoms with Gasteiger partial charge in [-0.05, 0) is 61.4 Å². The van der Waals surface area contributed by atoms with Crippen LogP contribution in [0.15, 0.2) is 60.9 Å². The van der Waals surface area contributed by atoms with Crippen molar-refractivity contribution in [1.82, 2.24) is 14.8 Å². The van der Waals surface area contributed by atoms with Gasteiger partial charge in [-0.25, -0.2) is 0 Å². The number of benzene rings is 2. The van der Waals surface area contributed by atoms with Crippen molar-refractivity contribution in [2.75, 3.05) is 13.1 Å². The first-order valence-corrected chi connectivity index (χ1v) is 10.0. The van der Waals surface area contributed by atoms with Crippen molar-refractivity contribution >= 4 is 11.8 Å². The lowest BCUT2D eigenvalue weighted by Gasteiger charge is -2.32. The number of hydrogen-bond acceptors (Lipinski definition) is 5. The summed E-state index contributed by atoms with van der Waals surface area (Å²) in [7, 11) is 0. The molecule has 4 rings (SSSR count). The topological polar surface area (TPSA) is 115 Å². The molecule has 4 N–H and O–H groups in total. The van der Waals surface area contributed by atoms with Gasteiger partial charge in [0.05, 0.1) is 0 Å². The van der Waals surface area contributed by atoms with E-state index in [9.17, 15) is 24.9 Å². The molecular formula is C23H23N3O5. The number of phenolic OH excluding ortho intramolecular Hbond substituents is 3. The number of carbonyl (C=O) groups is 2. The summed E-state index contributed by atoms with van der Waals surface area (Å²) in [6, 6.07) is 13.4. The van der Waals surface area contributed by atoms with E-state index in [1.807, 2.05) is 41.2 Å². The molecule has 1 fully saturated rings. The van der Waals surface area contributed by atoms with E-state index in [4.69, 9.17) is 0 Å². The highest BCUT2D eigenvalue weighted by molar-refractivity contribution is 5.96. The smallest absolute Gasteiger partial charge is 0.254 e. The van der Waals surface area contributed by atoms with Crippen LogP contribution in [0.4, 0.5) is 0 Å². The van der Waals surface area contributed by atoms with Crippen molar-refractivity contribution in [3.05, 3.63) is 72.1 Å². The maximum absolute atomic E-state index is 12.6. The zero-order chi connectivity index (χ0) is 22.0. The van der Waals surface area contributed by atoms with Gasteiger partial charge in [0.1, 0.15) is 0 Å². The summed E-state index contributed by atoms with van der Waals surface area (Å²) in [4.78, 5) is 26.8. The number of hydrogen-bond donors (Lipinski definition) is 4. The molecule has 0 radical (unpaired) electrons. The Balaban J connectivity index is 1.32. The van der Waals surface area contributed by atoms with Gasteiger partial charge in [0.25, 0.3) is 11.8 Å². The number of nitrogens with zero attached hydrogens (tertiary/aromatic N) is 2. The first kappa shape index (κ1) is 20.3. The first-order valence-electron chi connectivity index (χ1n) is 10.0. The van der Waals surface area contributed by atoms with Crippen LogP contribution in [0.1, 0.15) is 33.6 Å². The Morgan fingerprint density at radius 3 is 2.03 bits per heavy atom. The van der Waals surface area contributed by atoms with Gasteiger partial charge in [-0.1, -0.05) is 0 Å². The number of likely N-dealkylation sites (tertiary alicyclic amines) is 1. The first-order chi connectivity index (χ1) is 14.9. The summed E-state index contributed by atoms with van der Waals surface area (Å²) >= 11 is 0. The number of nitrogens with one attached hydrogen (secondary N) is 1. The highest BCUT2D eigenvalue weighted by atomic mass is 16.3. The molecule has 2 heterocycles. The summed E-state index contributed by atoms with van der Waals surface area (Å²) in [6.45, 7) is 0.859. The van der Waals surface area contributed by atoms with Crippen LogP contribution in [0.25, 0.3) is 5.69 Å². The van der Waals surface area contributed by atoms with Crippen LogP contribution >= 0.6 is 0 Å². The van der Waals surface area contributed by atoms with Crippen molar-refractivity contribution in [3.63, 3.8) is 0 Å². The molecule has 31 heavy (non-hydrogen) atoms. The highest BCUT2D eigenvalue weighted by Gasteiger charge is 2.26. The molecule has 8 heteroatoms. The van der Waals surface area contributed by atoms with Gasteiger partial charge in [0, 0.05) is 48.3 Å². The number of amides is 2. The summed E-state index contributed by atoms with van der Waals surface area (Å²) < 4.78 is 1.96. The monoisotopic (exact) mass is 421 g/mol. The van der Waals surface area contributed by atoms with Crippen LogP contribution in [0.3, 0.4) is 0 Å². The molecule has 0 bridgehead atoms. The van der Waals surface area contributed by atoms with Crippen LogP contribution < -0.4 is 5.32 Å². The van der Waals surface area contributed by atoms with E-state index in [0.717, 1.165) is 17.8 Å². The molecule has 8 nitrogen and oxygen atoms in total. The lowest BCUT2D eigenvalue weighted by molar-refractivity contribution is 0.0697. The molecule has 0 spiro atoms. The number of phenols is 3. The summed E-state index contributed by atoms with van der Waals surface area (Å²) in [5.41, 5.74) is 1.64. The maximum atomic E-state index is 12.6. The van der Waals surface area contributed by atoms with Crippen molar-refractivity contribution in [2.45, 2.75) is 18.9 Å². The molecule has 3 aromatic rings.